The van der Waals surface area contributed by atoms with Crippen LogP contribution in [0.5, 0.6) is 0 Å². The molecule has 4 atom stereocenters. The van der Waals surface area contributed by atoms with Crippen LogP contribution in [0, 0.1) is 22.7 Å². The summed E-state index contributed by atoms with van der Waals surface area (Å²) in [5, 5.41) is 13.9. The lowest BCUT2D eigenvalue weighted by molar-refractivity contribution is -0.171. The lowest BCUT2D eigenvalue weighted by atomic mass is 9.45. The first kappa shape index (κ1) is 20.2. The Morgan fingerprint density at radius 3 is 2.56 bits per heavy atom. The van der Waals surface area contributed by atoms with Crippen molar-refractivity contribution in [3.63, 3.8) is 0 Å². The van der Waals surface area contributed by atoms with E-state index in [9.17, 15) is 9.90 Å². The van der Waals surface area contributed by atoms with E-state index in [0.29, 0.717) is 24.4 Å². The zero-order valence-electron chi connectivity index (χ0n) is 17.3. The van der Waals surface area contributed by atoms with Crippen LogP contribution in [0.4, 0.5) is 10.5 Å². The van der Waals surface area contributed by atoms with Crippen LogP contribution in [0.15, 0.2) is 30.3 Å². The van der Waals surface area contributed by atoms with Crippen molar-refractivity contribution in [3.05, 3.63) is 30.3 Å². The number of hydrogen-bond donors (Lipinski definition) is 2. The number of anilines is 1. The average molecular weight is 374 g/mol. The first-order chi connectivity index (χ1) is 12.7. The molecule has 4 heteroatoms. The maximum atomic E-state index is 12.1. The van der Waals surface area contributed by atoms with Crippen molar-refractivity contribution in [2.45, 2.75) is 71.8 Å². The molecule has 1 amide bonds. The number of aliphatic hydroxyl groups is 1. The monoisotopic (exact) mass is 373 g/mol. The van der Waals surface area contributed by atoms with Gasteiger partial charge in [-0.3, -0.25) is 5.32 Å². The summed E-state index contributed by atoms with van der Waals surface area (Å²) in [6.07, 6.45) is 5.82. The predicted molar refractivity (Wildman–Crippen MR) is 109 cm³/mol. The maximum absolute atomic E-state index is 12.1. The quantitative estimate of drug-likeness (QED) is 0.720. The third kappa shape index (κ3) is 4.16. The Labute approximate surface area is 163 Å². The van der Waals surface area contributed by atoms with Gasteiger partial charge in [-0.15, -0.1) is 0 Å². The normalized spacial score (nSPS) is 35.1. The van der Waals surface area contributed by atoms with Gasteiger partial charge in [0.15, 0.2) is 0 Å². The molecule has 1 aromatic rings. The fourth-order valence-electron chi connectivity index (χ4n) is 6.21. The van der Waals surface area contributed by atoms with Crippen LogP contribution < -0.4 is 5.32 Å². The smallest absolute Gasteiger partial charge is 0.411 e. The summed E-state index contributed by atoms with van der Waals surface area (Å²) in [6.45, 7) is 9.44. The minimum absolute atomic E-state index is 0.1000. The SMILES string of the molecule is CC1(C)CCC[C@]2(C)[C@@H](CCOC(=O)Nc3ccccc3)[C@@](C)(O)CC[C@@H]12. The molecule has 1 aromatic carbocycles. The third-order valence-electron chi connectivity index (χ3n) is 7.42. The first-order valence-corrected chi connectivity index (χ1v) is 10.4. The van der Waals surface area contributed by atoms with Crippen LogP contribution in [0.25, 0.3) is 0 Å². The van der Waals surface area contributed by atoms with Gasteiger partial charge in [0.2, 0.25) is 0 Å². The summed E-state index contributed by atoms with van der Waals surface area (Å²) in [6, 6.07) is 9.33. The van der Waals surface area contributed by atoms with Crippen LogP contribution in [-0.4, -0.2) is 23.4 Å². The van der Waals surface area contributed by atoms with Crippen molar-refractivity contribution < 1.29 is 14.6 Å². The molecule has 4 nitrogen and oxygen atoms in total. The number of hydrogen-bond acceptors (Lipinski definition) is 3. The highest BCUT2D eigenvalue weighted by molar-refractivity contribution is 5.84. The molecule has 0 unspecified atom stereocenters. The van der Waals surface area contributed by atoms with Crippen molar-refractivity contribution in [1.82, 2.24) is 0 Å². The van der Waals surface area contributed by atoms with E-state index in [-0.39, 0.29) is 11.3 Å². The third-order valence-corrected chi connectivity index (χ3v) is 7.42. The number of para-hydroxylation sites is 1. The fraction of sp³-hybridized carbons (Fsp3) is 0.696. The Bertz CT molecular complexity index is 655. The molecule has 150 valence electrons. The summed E-state index contributed by atoms with van der Waals surface area (Å²) in [5.74, 6) is 0.759. The van der Waals surface area contributed by atoms with Gasteiger partial charge in [-0.25, -0.2) is 4.79 Å². The molecule has 0 spiro atoms. The van der Waals surface area contributed by atoms with Gasteiger partial charge >= 0.3 is 6.09 Å². The molecule has 2 aliphatic carbocycles. The van der Waals surface area contributed by atoms with Crippen molar-refractivity contribution in [3.8, 4) is 0 Å². The van der Waals surface area contributed by atoms with E-state index in [2.05, 4.69) is 26.1 Å². The predicted octanol–water partition coefficient (Wildman–Crippen LogP) is 5.62. The minimum Gasteiger partial charge on any atom is -0.449 e. The maximum Gasteiger partial charge on any atom is 0.411 e. The lowest BCUT2D eigenvalue weighted by Crippen LogP contribution is -2.57. The van der Waals surface area contributed by atoms with E-state index in [0.717, 1.165) is 24.9 Å². The highest BCUT2D eigenvalue weighted by atomic mass is 16.5. The molecule has 0 aromatic heterocycles. The zero-order valence-corrected chi connectivity index (χ0v) is 17.3. The number of amides is 1. The van der Waals surface area contributed by atoms with E-state index in [1.807, 2.05) is 37.3 Å². The number of fused-ring (bicyclic) bond motifs is 1. The van der Waals surface area contributed by atoms with Gasteiger partial charge in [-0.05, 0) is 73.8 Å². The summed E-state index contributed by atoms with van der Waals surface area (Å²) < 4.78 is 5.46. The van der Waals surface area contributed by atoms with Gasteiger partial charge < -0.3 is 9.84 Å². The van der Waals surface area contributed by atoms with E-state index in [1.165, 1.54) is 12.8 Å². The summed E-state index contributed by atoms with van der Waals surface area (Å²) in [4.78, 5) is 12.1. The number of carbonyl (C=O) groups excluding carboxylic acids is 1. The molecule has 3 rings (SSSR count). The number of ether oxygens (including phenoxy) is 1. The van der Waals surface area contributed by atoms with Crippen molar-refractivity contribution in [1.29, 1.82) is 0 Å². The zero-order chi connectivity index (χ0) is 19.7. The lowest BCUT2D eigenvalue weighted by Gasteiger charge is -2.61. The van der Waals surface area contributed by atoms with Gasteiger partial charge in [0.1, 0.15) is 0 Å². The molecule has 2 N–H and O–H groups in total. The number of nitrogens with one attached hydrogen (secondary N) is 1. The molecular weight excluding hydrogens is 338 g/mol. The van der Waals surface area contributed by atoms with Crippen LogP contribution in [-0.2, 0) is 4.74 Å². The molecule has 0 aliphatic heterocycles. The van der Waals surface area contributed by atoms with Crippen LogP contribution >= 0.6 is 0 Å². The van der Waals surface area contributed by atoms with E-state index < -0.39 is 11.7 Å². The Balaban J connectivity index is 1.64. The molecule has 2 fully saturated rings. The van der Waals surface area contributed by atoms with Crippen molar-refractivity contribution in [2.75, 3.05) is 11.9 Å². The second kappa shape index (κ2) is 7.46. The molecule has 0 saturated heterocycles. The Hall–Kier alpha value is -1.55. The van der Waals surface area contributed by atoms with E-state index in [4.69, 9.17) is 4.74 Å². The van der Waals surface area contributed by atoms with Gasteiger partial charge in [-0.1, -0.05) is 45.4 Å². The Morgan fingerprint density at radius 2 is 1.85 bits per heavy atom. The molecule has 0 heterocycles. The van der Waals surface area contributed by atoms with E-state index >= 15 is 0 Å². The molecule has 0 radical (unpaired) electrons. The largest absolute Gasteiger partial charge is 0.449 e. The Kier molecular flexibility index (Phi) is 5.58. The Morgan fingerprint density at radius 1 is 1.15 bits per heavy atom. The number of benzene rings is 1. The molecule has 0 bridgehead atoms. The standard InChI is InChI=1S/C23H35NO3/c1-21(2)13-8-14-22(3)18(21)11-15-23(4,26)19(22)12-16-27-20(25)24-17-9-6-5-7-10-17/h5-7,9-10,18-19,26H,8,11-16H2,1-4H3,(H,24,25)/t18-,19+,22-,23-/m0/s1. The fourth-order valence-corrected chi connectivity index (χ4v) is 6.21. The van der Waals surface area contributed by atoms with E-state index in [1.54, 1.807) is 0 Å². The summed E-state index contributed by atoms with van der Waals surface area (Å²) >= 11 is 0. The van der Waals surface area contributed by atoms with Gasteiger partial charge in [-0.2, -0.15) is 0 Å². The highest BCUT2D eigenvalue weighted by Gasteiger charge is 2.57. The summed E-state index contributed by atoms with van der Waals surface area (Å²) in [5.41, 5.74) is 0.446. The van der Waals surface area contributed by atoms with Crippen LogP contribution in [0.2, 0.25) is 0 Å². The van der Waals surface area contributed by atoms with Gasteiger partial charge in [0.25, 0.3) is 0 Å². The molecule has 2 saturated carbocycles. The van der Waals surface area contributed by atoms with Crippen LogP contribution in [0.1, 0.15) is 66.2 Å². The molecule has 2 aliphatic rings. The first-order valence-electron chi connectivity index (χ1n) is 10.4. The van der Waals surface area contributed by atoms with Crippen molar-refractivity contribution in [2.24, 2.45) is 22.7 Å². The molecular formula is C23H35NO3. The van der Waals surface area contributed by atoms with Gasteiger partial charge in [0.05, 0.1) is 12.2 Å². The molecule has 27 heavy (non-hydrogen) atoms. The topological polar surface area (TPSA) is 58.6 Å². The number of rotatable bonds is 4. The average Bonchev–Trinajstić information content (AvgIpc) is 2.57. The minimum atomic E-state index is -0.696. The van der Waals surface area contributed by atoms with Crippen LogP contribution in [0.3, 0.4) is 0 Å². The summed E-state index contributed by atoms with van der Waals surface area (Å²) in [7, 11) is 0. The second-order valence-electron chi connectivity index (χ2n) is 9.76. The second-order valence-corrected chi connectivity index (χ2v) is 9.76. The number of carbonyl (C=O) groups is 1. The van der Waals surface area contributed by atoms with Gasteiger partial charge in [0, 0.05) is 5.69 Å². The highest BCUT2D eigenvalue weighted by Crippen LogP contribution is 2.62. The van der Waals surface area contributed by atoms with Crippen molar-refractivity contribution >= 4 is 11.8 Å².